The lowest BCUT2D eigenvalue weighted by atomic mass is 9.99. The van der Waals surface area contributed by atoms with Crippen LogP contribution in [0.2, 0.25) is 0 Å². The largest absolute Gasteiger partial charge is 0.497 e. The highest BCUT2D eigenvalue weighted by Crippen LogP contribution is 2.26. The van der Waals surface area contributed by atoms with Crippen molar-refractivity contribution in [2.24, 2.45) is 0 Å². The van der Waals surface area contributed by atoms with Gasteiger partial charge in [0.1, 0.15) is 11.4 Å². The number of pyridine rings is 1. The summed E-state index contributed by atoms with van der Waals surface area (Å²) in [6.45, 7) is 8.94. The molecule has 1 aromatic heterocycles. The lowest BCUT2D eigenvalue weighted by Gasteiger charge is -2.36. The SMILES string of the molecule is COc1cccc(NC2CCN(C(=O)c3ncccc3-c3ccc(CN4C[C@@H](C)N[C@@H](C)C4)cc3)CC2)c1. The molecule has 2 aromatic carbocycles. The minimum atomic E-state index is 0.00768. The van der Waals surface area contributed by atoms with Gasteiger partial charge in [0, 0.05) is 74.4 Å². The van der Waals surface area contributed by atoms with Gasteiger partial charge in [-0.2, -0.15) is 0 Å². The molecule has 38 heavy (non-hydrogen) atoms. The number of ether oxygens (including phenoxy) is 1. The second-order valence-electron chi connectivity index (χ2n) is 10.7. The molecule has 2 aliphatic heterocycles. The lowest BCUT2D eigenvalue weighted by molar-refractivity contribution is 0.0713. The molecule has 2 aliphatic rings. The Kier molecular flexibility index (Phi) is 8.25. The number of anilines is 1. The van der Waals surface area contributed by atoms with Crippen molar-refractivity contribution in [3.63, 3.8) is 0 Å². The Hall–Kier alpha value is -3.42. The number of amides is 1. The minimum Gasteiger partial charge on any atom is -0.497 e. The van der Waals surface area contributed by atoms with Gasteiger partial charge in [-0.05, 0) is 56.0 Å². The van der Waals surface area contributed by atoms with Crippen LogP contribution < -0.4 is 15.4 Å². The van der Waals surface area contributed by atoms with Crippen molar-refractivity contribution in [1.29, 1.82) is 0 Å². The molecule has 2 saturated heterocycles. The lowest BCUT2D eigenvalue weighted by Crippen LogP contribution is -2.53. The number of carbonyl (C=O) groups is 1. The number of aromatic nitrogens is 1. The normalized spacial score (nSPS) is 20.8. The molecule has 0 saturated carbocycles. The number of benzene rings is 2. The number of likely N-dealkylation sites (tertiary alicyclic amines) is 1. The van der Waals surface area contributed by atoms with E-state index in [1.807, 2.05) is 35.2 Å². The number of hydrogen-bond acceptors (Lipinski definition) is 6. The summed E-state index contributed by atoms with van der Waals surface area (Å²) in [6.07, 6.45) is 3.50. The fraction of sp³-hybridized carbons (Fsp3) is 0.419. The van der Waals surface area contributed by atoms with E-state index in [0.29, 0.717) is 36.9 Å². The molecule has 2 fully saturated rings. The number of nitrogens with one attached hydrogen (secondary N) is 2. The molecule has 7 nitrogen and oxygen atoms in total. The zero-order valence-electron chi connectivity index (χ0n) is 22.7. The zero-order chi connectivity index (χ0) is 26.5. The summed E-state index contributed by atoms with van der Waals surface area (Å²) in [5.74, 6) is 0.847. The maximum absolute atomic E-state index is 13.5. The standard InChI is InChI=1S/C31H39N5O2/c1-22-19-35(20-23(2)33-22)21-24-9-11-25(12-10-24)29-8-5-15-32-30(29)31(37)36-16-13-26(14-17-36)34-27-6-4-7-28(18-27)38-3/h4-12,15,18,22-23,26,33-34H,13-14,16-17,19-21H2,1-3H3/t22-,23+. The van der Waals surface area contributed by atoms with Gasteiger partial charge < -0.3 is 20.3 Å². The van der Waals surface area contributed by atoms with Crippen molar-refractivity contribution in [1.82, 2.24) is 20.1 Å². The maximum Gasteiger partial charge on any atom is 0.273 e. The third-order valence-electron chi connectivity index (χ3n) is 7.54. The van der Waals surface area contributed by atoms with Crippen LogP contribution in [0.4, 0.5) is 5.69 Å². The van der Waals surface area contributed by atoms with E-state index >= 15 is 0 Å². The van der Waals surface area contributed by atoms with E-state index in [0.717, 1.165) is 55.0 Å². The summed E-state index contributed by atoms with van der Waals surface area (Å²) in [6, 6.07) is 21.9. The van der Waals surface area contributed by atoms with Crippen molar-refractivity contribution in [2.45, 2.75) is 51.4 Å². The summed E-state index contributed by atoms with van der Waals surface area (Å²) in [5, 5.41) is 7.18. The molecule has 0 radical (unpaired) electrons. The van der Waals surface area contributed by atoms with Crippen molar-refractivity contribution in [2.75, 3.05) is 38.6 Å². The second-order valence-corrected chi connectivity index (χ2v) is 10.7. The van der Waals surface area contributed by atoms with Crippen LogP contribution in [-0.4, -0.2) is 72.1 Å². The molecule has 2 atom stereocenters. The third-order valence-corrected chi connectivity index (χ3v) is 7.54. The first-order valence-corrected chi connectivity index (χ1v) is 13.7. The number of carbonyl (C=O) groups excluding carboxylic acids is 1. The Labute approximate surface area is 226 Å². The number of hydrogen-bond donors (Lipinski definition) is 2. The van der Waals surface area contributed by atoms with Crippen LogP contribution in [0.3, 0.4) is 0 Å². The van der Waals surface area contributed by atoms with Crippen LogP contribution in [0.1, 0.15) is 42.7 Å². The molecular weight excluding hydrogens is 474 g/mol. The minimum absolute atomic E-state index is 0.00768. The summed E-state index contributed by atoms with van der Waals surface area (Å²) < 4.78 is 5.33. The molecule has 1 amide bonds. The summed E-state index contributed by atoms with van der Waals surface area (Å²) >= 11 is 0. The van der Waals surface area contributed by atoms with E-state index in [-0.39, 0.29) is 5.91 Å². The van der Waals surface area contributed by atoms with Gasteiger partial charge in [0.15, 0.2) is 0 Å². The van der Waals surface area contributed by atoms with Crippen LogP contribution >= 0.6 is 0 Å². The predicted octanol–water partition coefficient (Wildman–Crippen LogP) is 4.66. The maximum atomic E-state index is 13.5. The average molecular weight is 514 g/mol. The highest BCUT2D eigenvalue weighted by molar-refractivity contribution is 5.99. The molecule has 200 valence electrons. The first-order valence-electron chi connectivity index (χ1n) is 13.7. The van der Waals surface area contributed by atoms with Crippen molar-refractivity contribution < 1.29 is 9.53 Å². The average Bonchev–Trinajstić information content (AvgIpc) is 2.93. The predicted molar refractivity (Wildman–Crippen MR) is 153 cm³/mol. The third kappa shape index (κ3) is 6.34. The second kappa shape index (κ2) is 12.0. The van der Waals surface area contributed by atoms with Gasteiger partial charge in [-0.3, -0.25) is 14.7 Å². The number of rotatable bonds is 7. The van der Waals surface area contributed by atoms with E-state index < -0.39 is 0 Å². The molecule has 3 aromatic rings. The Morgan fingerprint density at radius 1 is 1.03 bits per heavy atom. The van der Waals surface area contributed by atoms with Crippen LogP contribution in [-0.2, 0) is 6.54 Å². The van der Waals surface area contributed by atoms with Gasteiger partial charge in [-0.1, -0.05) is 36.4 Å². The zero-order valence-corrected chi connectivity index (χ0v) is 22.7. The van der Waals surface area contributed by atoms with Gasteiger partial charge in [0.25, 0.3) is 5.91 Å². The van der Waals surface area contributed by atoms with E-state index in [1.54, 1.807) is 13.3 Å². The van der Waals surface area contributed by atoms with Crippen molar-refractivity contribution in [3.05, 3.63) is 78.1 Å². The fourth-order valence-corrected chi connectivity index (χ4v) is 5.75. The van der Waals surface area contributed by atoms with Gasteiger partial charge in [-0.25, -0.2) is 0 Å². The number of nitrogens with zero attached hydrogens (tertiary/aromatic N) is 3. The molecule has 7 heteroatoms. The highest BCUT2D eigenvalue weighted by atomic mass is 16.5. The van der Waals surface area contributed by atoms with E-state index in [1.165, 1.54) is 5.56 Å². The topological polar surface area (TPSA) is 69.7 Å². The highest BCUT2D eigenvalue weighted by Gasteiger charge is 2.26. The number of piperazine rings is 1. The quantitative estimate of drug-likeness (QED) is 0.479. The van der Waals surface area contributed by atoms with Gasteiger partial charge in [0.2, 0.25) is 0 Å². The van der Waals surface area contributed by atoms with E-state index in [4.69, 9.17) is 4.74 Å². The summed E-state index contributed by atoms with van der Waals surface area (Å²) in [5.41, 5.74) is 4.79. The molecular formula is C31H39N5O2. The first-order chi connectivity index (χ1) is 18.5. The Balaban J connectivity index is 1.22. The molecule has 0 spiro atoms. The monoisotopic (exact) mass is 513 g/mol. The summed E-state index contributed by atoms with van der Waals surface area (Å²) in [7, 11) is 1.68. The molecule has 5 rings (SSSR count). The van der Waals surface area contributed by atoms with Gasteiger partial charge in [-0.15, -0.1) is 0 Å². The van der Waals surface area contributed by atoms with Crippen molar-refractivity contribution in [3.8, 4) is 16.9 Å². The first kappa shape index (κ1) is 26.2. The number of piperidine rings is 1. The van der Waals surface area contributed by atoms with Crippen LogP contribution in [0, 0.1) is 0 Å². The van der Waals surface area contributed by atoms with Crippen LogP contribution in [0.5, 0.6) is 5.75 Å². The smallest absolute Gasteiger partial charge is 0.273 e. The number of methoxy groups -OCH3 is 1. The Morgan fingerprint density at radius 2 is 1.76 bits per heavy atom. The molecule has 2 N–H and O–H groups in total. The fourth-order valence-electron chi connectivity index (χ4n) is 5.75. The van der Waals surface area contributed by atoms with Gasteiger partial charge in [0.05, 0.1) is 7.11 Å². The van der Waals surface area contributed by atoms with Gasteiger partial charge >= 0.3 is 0 Å². The summed E-state index contributed by atoms with van der Waals surface area (Å²) in [4.78, 5) is 22.5. The van der Waals surface area contributed by atoms with Crippen LogP contribution in [0.15, 0.2) is 66.9 Å². The van der Waals surface area contributed by atoms with E-state index in [9.17, 15) is 4.79 Å². The Morgan fingerprint density at radius 3 is 2.47 bits per heavy atom. The van der Waals surface area contributed by atoms with E-state index in [2.05, 4.69) is 64.7 Å². The van der Waals surface area contributed by atoms with Crippen molar-refractivity contribution >= 4 is 11.6 Å². The van der Waals surface area contributed by atoms with Crippen LogP contribution in [0.25, 0.3) is 11.1 Å². The molecule has 3 heterocycles. The molecule has 0 unspecified atom stereocenters. The molecule has 0 bridgehead atoms. The Bertz CT molecular complexity index is 1210. The molecule has 0 aliphatic carbocycles.